The lowest BCUT2D eigenvalue weighted by atomic mass is 10.1. The minimum absolute atomic E-state index is 0.119. The maximum absolute atomic E-state index is 11.9. The molecular formula is C18H12Cl2O2S. The topological polar surface area (TPSA) is 34.1 Å². The molecule has 0 heterocycles. The number of carbonyl (C=O) groups is 2. The van der Waals surface area contributed by atoms with Crippen molar-refractivity contribution in [2.45, 2.75) is 0 Å². The fraction of sp³-hybridized carbons (Fsp3) is 0. The first kappa shape index (κ1) is 17.5. The van der Waals surface area contributed by atoms with Crippen molar-refractivity contribution in [1.29, 1.82) is 0 Å². The zero-order chi connectivity index (χ0) is 16.7. The quantitative estimate of drug-likeness (QED) is 0.479. The number of benzene rings is 2. The molecule has 5 heteroatoms. The Kier molecular flexibility index (Phi) is 6.66. The van der Waals surface area contributed by atoms with E-state index in [9.17, 15) is 9.59 Å². The molecule has 0 aliphatic heterocycles. The van der Waals surface area contributed by atoms with Crippen LogP contribution in [-0.4, -0.2) is 11.6 Å². The Morgan fingerprint density at radius 1 is 0.696 bits per heavy atom. The normalized spacial score (nSPS) is 11.2. The van der Waals surface area contributed by atoms with E-state index < -0.39 is 0 Å². The van der Waals surface area contributed by atoms with Gasteiger partial charge in [-0.15, -0.1) is 11.8 Å². The molecule has 0 aromatic heterocycles. The van der Waals surface area contributed by atoms with E-state index in [0.29, 0.717) is 21.2 Å². The fourth-order valence-corrected chi connectivity index (χ4v) is 2.42. The lowest BCUT2D eigenvalue weighted by Crippen LogP contribution is -1.93. The Morgan fingerprint density at radius 3 is 1.39 bits per heavy atom. The van der Waals surface area contributed by atoms with Gasteiger partial charge in [0.25, 0.3) is 0 Å². The Hall–Kier alpha value is -1.81. The molecule has 2 aromatic rings. The summed E-state index contributed by atoms with van der Waals surface area (Å²) < 4.78 is 0. The van der Waals surface area contributed by atoms with E-state index in [1.165, 1.54) is 23.9 Å². The minimum atomic E-state index is -0.119. The number of hydrogen-bond acceptors (Lipinski definition) is 3. The SMILES string of the molecule is O=C(C=CSC=CC(=O)c1ccc(Cl)cc1)c1ccc(Cl)cc1. The number of carbonyl (C=O) groups excluding carboxylic acids is 2. The molecule has 116 valence electrons. The highest BCUT2D eigenvalue weighted by Gasteiger charge is 2.01. The summed E-state index contributed by atoms with van der Waals surface area (Å²) in [5.41, 5.74) is 1.12. The minimum Gasteiger partial charge on any atom is -0.289 e. The fourth-order valence-electron chi connectivity index (χ4n) is 1.67. The molecule has 0 spiro atoms. The molecule has 0 radical (unpaired) electrons. The van der Waals surface area contributed by atoms with Crippen molar-refractivity contribution in [3.8, 4) is 0 Å². The van der Waals surface area contributed by atoms with Crippen molar-refractivity contribution in [1.82, 2.24) is 0 Å². The van der Waals surface area contributed by atoms with Crippen molar-refractivity contribution in [3.63, 3.8) is 0 Å². The zero-order valence-corrected chi connectivity index (χ0v) is 14.2. The third kappa shape index (κ3) is 5.71. The van der Waals surface area contributed by atoms with Crippen LogP contribution in [0.5, 0.6) is 0 Å². The molecule has 0 aliphatic carbocycles. The van der Waals surface area contributed by atoms with Crippen LogP contribution < -0.4 is 0 Å². The lowest BCUT2D eigenvalue weighted by molar-refractivity contribution is 0.103. The molecule has 23 heavy (non-hydrogen) atoms. The maximum Gasteiger partial charge on any atom is 0.186 e. The Balaban J connectivity index is 1.86. The second-order valence-corrected chi connectivity index (χ2v) is 6.17. The number of halogens is 2. The van der Waals surface area contributed by atoms with Crippen LogP contribution in [0.4, 0.5) is 0 Å². The molecule has 0 bridgehead atoms. The first-order valence-corrected chi connectivity index (χ1v) is 8.34. The number of rotatable bonds is 6. The summed E-state index contributed by atoms with van der Waals surface area (Å²) in [5, 5.41) is 4.43. The summed E-state index contributed by atoms with van der Waals surface area (Å²) in [6.45, 7) is 0. The molecule has 0 saturated carbocycles. The molecule has 0 unspecified atom stereocenters. The molecule has 2 rings (SSSR count). The van der Waals surface area contributed by atoms with Crippen LogP contribution in [0, 0.1) is 0 Å². The van der Waals surface area contributed by atoms with Crippen molar-refractivity contribution >= 4 is 46.5 Å². The van der Waals surface area contributed by atoms with Crippen molar-refractivity contribution in [3.05, 3.63) is 92.7 Å². The molecular weight excluding hydrogens is 351 g/mol. The van der Waals surface area contributed by atoms with Crippen LogP contribution in [0.15, 0.2) is 71.5 Å². The van der Waals surface area contributed by atoms with E-state index in [2.05, 4.69) is 0 Å². The van der Waals surface area contributed by atoms with Gasteiger partial charge in [-0.2, -0.15) is 0 Å². The average Bonchev–Trinajstić information content (AvgIpc) is 2.55. The van der Waals surface area contributed by atoms with Gasteiger partial charge in [0.15, 0.2) is 11.6 Å². The Bertz CT molecular complexity index is 682. The van der Waals surface area contributed by atoms with E-state index in [-0.39, 0.29) is 11.6 Å². The van der Waals surface area contributed by atoms with Gasteiger partial charge in [0.2, 0.25) is 0 Å². The van der Waals surface area contributed by atoms with Gasteiger partial charge in [-0.25, -0.2) is 0 Å². The molecule has 2 aromatic carbocycles. The number of hydrogen-bond donors (Lipinski definition) is 0. The molecule has 0 aliphatic rings. The van der Waals surface area contributed by atoms with Crippen LogP contribution >= 0.6 is 35.0 Å². The largest absolute Gasteiger partial charge is 0.289 e. The average molecular weight is 363 g/mol. The van der Waals surface area contributed by atoms with Gasteiger partial charge < -0.3 is 0 Å². The summed E-state index contributed by atoms with van der Waals surface area (Å²) in [7, 11) is 0. The van der Waals surface area contributed by atoms with Crippen LogP contribution in [0.2, 0.25) is 10.0 Å². The number of thioether (sulfide) groups is 1. The summed E-state index contributed by atoms with van der Waals surface area (Å²) >= 11 is 12.8. The number of ketones is 2. The second-order valence-electron chi connectivity index (χ2n) is 4.48. The van der Waals surface area contributed by atoms with Gasteiger partial charge in [0, 0.05) is 21.2 Å². The van der Waals surface area contributed by atoms with Gasteiger partial charge in [-0.05, 0) is 71.5 Å². The van der Waals surface area contributed by atoms with Crippen molar-refractivity contribution < 1.29 is 9.59 Å². The summed E-state index contributed by atoms with van der Waals surface area (Å²) in [4.78, 5) is 23.7. The molecule has 0 saturated heterocycles. The highest BCUT2D eigenvalue weighted by Crippen LogP contribution is 2.13. The summed E-state index contributed by atoms with van der Waals surface area (Å²) in [6.07, 6.45) is 2.90. The van der Waals surface area contributed by atoms with E-state index >= 15 is 0 Å². The van der Waals surface area contributed by atoms with Gasteiger partial charge in [0.1, 0.15) is 0 Å². The van der Waals surface area contributed by atoms with Crippen LogP contribution in [0.3, 0.4) is 0 Å². The Morgan fingerprint density at radius 2 is 1.04 bits per heavy atom. The van der Waals surface area contributed by atoms with Crippen molar-refractivity contribution in [2.24, 2.45) is 0 Å². The second kappa shape index (κ2) is 8.73. The summed E-state index contributed by atoms with van der Waals surface area (Å²) in [6, 6.07) is 13.3. The third-order valence-corrected chi connectivity index (χ3v) is 3.94. The van der Waals surface area contributed by atoms with Gasteiger partial charge in [-0.3, -0.25) is 9.59 Å². The van der Waals surface area contributed by atoms with E-state index in [1.54, 1.807) is 59.3 Å². The molecule has 0 atom stereocenters. The van der Waals surface area contributed by atoms with Gasteiger partial charge >= 0.3 is 0 Å². The van der Waals surface area contributed by atoms with Crippen LogP contribution in [0.1, 0.15) is 20.7 Å². The highest BCUT2D eigenvalue weighted by molar-refractivity contribution is 8.04. The molecule has 0 N–H and O–H groups in total. The first-order chi connectivity index (χ1) is 11.1. The first-order valence-electron chi connectivity index (χ1n) is 6.64. The van der Waals surface area contributed by atoms with E-state index in [0.717, 1.165) is 0 Å². The summed E-state index contributed by atoms with van der Waals surface area (Å²) in [5.74, 6) is -0.238. The predicted octanol–water partition coefficient (Wildman–Crippen LogP) is 5.82. The molecule has 2 nitrogen and oxygen atoms in total. The monoisotopic (exact) mass is 362 g/mol. The van der Waals surface area contributed by atoms with Gasteiger partial charge in [-0.1, -0.05) is 23.2 Å². The van der Waals surface area contributed by atoms with E-state index in [1.807, 2.05) is 0 Å². The zero-order valence-electron chi connectivity index (χ0n) is 11.9. The predicted molar refractivity (Wildman–Crippen MR) is 97.4 cm³/mol. The van der Waals surface area contributed by atoms with E-state index in [4.69, 9.17) is 23.2 Å². The third-order valence-electron chi connectivity index (χ3n) is 2.85. The van der Waals surface area contributed by atoms with Gasteiger partial charge in [0.05, 0.1) is 0 Å². The number of allylic oxidation sites excluding steroid dienone is 2. The smallest absolute Gasteiger partial charge is 0.186 e. The standard InChI is InChI=1S/C18H12Cl2O2S/c19-15-5-1-13(2-6-15)17(21)9-11-23-12-10-18(22)14-3-7-16(20)8-4-14/h1-12H. The molecule has 0 amide bonds. The van der Waals surface area contributed by atoms with Crippen LogP contribution in [-0.2, 0) is 0 Å². The maximum atomic E-state index is 11.9. The lowest BCUT2D eigenvalue weighted by Gasteiger charge is -1.95. The van der Waals surface area contributed by atoms with Crippen LogP contribution in [0.25, 0.3) is 0 Å². The molecule has 0 fully saturated rings. The Labute approximate surface area is 148 Å². The van der Waals surface area contributed by atoms with Crippen molar-refractivity contribution in [2.75, 3.05) is 0 Å². The highest BCUT2D eigenvalue weighted by atomic mass is 35.5.